The average molecular weight is 345 g/mol. The van der Waals surface area contributed by atoms with E-state index in [2.05, 4.69) is 78.8 Å². The van der Waals surface area contributed by atoms with Crippen molar-refractivity contribution in [3.63, 3.8) is 0 Å². The highest BCUT2D eigenvalue weighted by Gasteiger charge is 2.32. The molecule has 2 aromatic rings. The molecule has 0 bridgehead atoms. The van der Waals surface area contributed by atoms with Gasteiger partial charge in [-0.25, -0.2) is 0 Å². The number of para-hydroxylation sites is 1. The Balaban J connectivity index is 1.37. The number of nitrogens with one attached hydrogen (secondary N) is 1. The predicted molar refractivity (Wildman–Crippen MR) is 111 cm³/mol. The van der Waals surface area contributed by atoms with E-state index in [1.165, 1.54) is 48.2 Å². The van der Waals surface area contributed by atoms with Crippen molar-refractivity contribution in [2.75, 3.05) is 10.2 Å². The third-order valence-electron chi connectivity index (χ3n) is 5.90. The van der Waals surface area contributed by atoms with Crippen molar-refractivity contribution in [3.8, 4) is 0 Å². The first-order chi connectivity index (χ1) is 12.6. The lowest BCUT2D eigenvalue weighted by atomic mass is 9.83. The van der Waals surface area contributed by atoms with E-state index in [4.69, 9.17) is 0 Å². The first-order valence-electron chi connectivity index (χ1n) is 9.69. The maximum absolute atomic E-state index is 4.34. The van der Waals surface area contributed by atoms with Gasteiger partial charge in [-0.05, 0) is 62.3 Å². The van der Waals surface area contributed by atoms with Crippen molar-refractivity contribution >= 4 is 11.4 Å². The molecule has 1 fully saturated rings. The number of nitrogens with zero attached hydrogens (tertiary/aromatic N) is 1. The molecule has 1 saturated carbocycles. The van der Waals surface area contributed by atoms with Crippen LogP contribution in [0.2, 0.25) is 0 Å². The topological polar surface area (TPSA) is 15.3 Å². The SMILES string of the molecule is C=C(Nc1ccc(C)cc1)C1CCC(N2C(=C)Cc3ccccc32)CC1. The standard InChI is InChI=1S/C24H28N2/c1-17-8-12-22(13-9-17)25-19(3)20-10-14-23(15-11-20)26-18(2)16-21-6-4-5-7-24(21)26/h4-9,12-13,20,23,25H,2-3,10-11,14-16H2,1H3. The third-order valence-corrected chi connectivity index (χ3v) is 5.90. The first-order valence-corrected chi connectivity index (χ1v) is 9.69. The summed E-state index contributed by atoms with van der Waals surface area (Å²) in [5.74, 6) is 0.554. The zero-order chi connectivity index (χ0) is 18.1. The fourth-order valence-corrected chi connectivity index (χ4v) is 4.43. The van der Waals surface area contributed by atoms with E-state index in [0.717, 1.165) is 17.8 Å². The minimum absolute atomic E-state index is 0.554. The number of hydrogen-bond donors (Lipinski definition) is 1. The highest BCUT2D eigenvalue weighted by atomic mass is 15.2. The van der Waals surface area contributed by atoms with Crippen molar-refractivity contribution in [1.29, 1.82) is 0 Å². The lowest BCUT2D eigenvalue weighted by Gasteiger charge is -2.37. The molecule has 0 unspecified atom stereocenters. The Morgan fingerprint density at radius 2 is 1.69 bits per heavy atom. The average Bonchev–Trinajstić information content (AvgIpc) is 2.99. The molecule has 0 spiro atoms. The summed E-state index contributed by atoms with van der Waals surface area (Å²) >= 11 is 0. The van der Waals surface area contributed by atoms with E-state index in [1.54, 1.807) is 0 Å². The predicted octanol–water partition coefficient (Wildman–Crippen LogP) is 6.06. The molecule has 2 nitrogen and oxygen atoms in total. The molecule has 1 aliphatic heterocycles. The summed E-state index contributed by atoms with van der Waals surface area (Å²) in [7, 11) is 0. The molecule has 4 rings (SSSR count). The summed E-state index contributed by atoms with van der Waals surface area (Å²) in [6, 6.07) is 17.9. The number of aryl methyl sites for hydroxylation is 1. The largest absolute Gasteiger partial charge is 0.359 e. The minimum Gasteiger partial charge on any atom is -0.359 e. The van der Waals surface area contributed by atoms with E-state index in [9.17, 15) is 0 Å². The second-order valence-corrected chi connectivity index (χ2v) is 7.76. The van der Waals surface area contributed by atoms with Crippen LogP contribution in [0.1, 0.15) is 36.8 Å². The maximum Gasteiger partial charge on any atom is 0.0447 e. The maximum atomic E-state index is 4.34. The number of fused-ring (bicyclic) bond motifs is 1. The Bertz CT molecular complexity index is 810. The number of rotatable bonds is 4. The summed E-state index contributed by atoms with van der Waals surface area (Å²) in [6.45, 7) is 10.8. The molecule has 0 radical (unpaired) electrons. The van der Waals surface area contributed by atoms with Gasteiger partial charge in [0.2, 0.25) is 0 Å². The van der Waals surface area contributed by atoms with Gasteiger partial charge in [0.15, 0.2) is 0 Å². The molecular formula is C24H28N2. The highest BCUT2D eigenvalue weighted by Crippen LogP contribution is 2.40. The highest BCUT2D eigenvalue weighted by molar-refractivity contribution is 5.65. The fourth-order valence-electron chi connectivity index (χ4n) is 4.43. The molecule has 1 heterocycles. The van der Waals surface area contributed by atoms with Gasteiger partial charge in [0.05, 0.1) is 0 Å². The molecule has 134 valence electrons. The monoisotopic (exact) mass is 344 g/mol. The molecule has 0 saturated heterocycles. The van der Waals surface area contributed by atoms with Crippen molar-refractivity contribution in [3.05, 3.63) is 84.2 Å². The smallest absolute Gasteiger partial charge is 0.0447 e. The Hall–Kier alpha value is -2.48. The summed E-state index contributed by atoms with van der Waals surface area (Å²) in [4.78, 5) is 2.50. The van der Waals surface area contributed by atoms with Gasteiger partial charge in [-0.2, -0.15) is 0 Å². The molecule has 1 N–H and O–H groups in total. The molecule has 0 atom stereocenters. The van der Waals surface area contributed by atoms with E-state index in [1.807, 2.05) is 0 Å². The van der Waals surface area contributed by atoms with Crippen LogP contribution in [0.4, 0.5) is 11.4 Å². The molecule has 2 aromatic carbocycles. The van der Waals surface area contributed by atoms with Gasteiger partial charge in [-0.3, -0.25) is 0 Å². The van der Waals surface area contributed by atoms with Crippen LogP contribution in [0.15, 0.2) is 73.1 Å². The van der Waals surface area contributed by atoms with Crippen molar-refractivity contribution in [2.24, 2.45) is 5.92 Å². The lowest BCUT2D eigenvalue weighted by Crippen LogP contribution is -2.36. The van der Waals surface area contributed by atoms with Crippen LogP contribution in [0, 0.1) is 12.8 Å². The Morgan fingerprint density at radius 1 is 1.00 bits per heavy atom. The van der Waals surface area contributed by atoms with Crippen molar-refractivity contribution in [1.82, 2.24) is 0 Å². The minimum atomic E-state index is 0.554. The second kappa shape index (κ2) is 7.03. The summed E-state index contributed by atoms with van der Waals surface area (Å²) in [5.41, 5.74) is 7.64. The van der Waals surface area contributed by atoms with Crippen molar-refractivity contribution in [2.45, 2.75) is 45.1 Å². The van der Waals surface area contributed by atoms with Crippen LogP contribution in [0.5, 0.6) is 0 Å². The first kappa shape index (κ1) is 17.0. The van der Waals surface area contributed by atoms with Gasteiger partial charge in [-0.1, -0.05) is 49.1 Å². The van der Waals surface area contributed by atoms with Gasteiger partial charge in [0.1, 0.15) is 0 Å². The lowest BCUT2D eigenvalue weighted by molar-refractivity contribution is 0.358. The van der Waals surface area contributed by atoms with E-state index in [0.29, 0.717) is 12.0 Å². The van der Waals surface area contributed by atoms with Crippen LogP contribution in [-0.2, 0) is 6.42 Å². The Kier molecular flexibility index (Phi) is 4.58. The van der Waals surface area contributed by atoms with Gasteiger partial charge >= 0.3 is 0 Å². The number of anilines is 2. The van der Waals surface area contributed by atoms with Crippen molar-refractivity contribution < 1.29 is 0 Å². The van der Waals surface area contributed by atoms with Gasteiger partial charge < -0.3 is 10.2 Å². The van der Waals surface area contributed by atoms with Crippen LogP contribution >= 0.6 is 0 Å². The second-order valence-electron chi connectivity index (χ2n) is 7.76. The number of allylic oxidation sites excluding steroid dienone is 2. The van der Waals surface area contributed by atoms with Crippen LogP contribution < -0.4 is 10.2 Å². The summed E-state index contributed by atoms with van der Waals surface area (Å²) in [6.07, 6.45) is 5.78. The fraction of sp³-hybridized carbons (Fsp3) is 0.333. The third kappa shape index (κ3) is 3.29. The Morgan fingerprint density at radius 3 is 2.42 bits per heavy atom. The van der Waals surface area contributed by atoms with E-state index < -0.39 is 0 Å². The molecule has 2 heteroatoms. The van der Waals surface area contributed by atoms with Crippen LogP contribution in [0.25, 0.3) is 0 Å². The number of hydrogen-bond acceptors (Lipinski definition) is 2. The van der Waals surface area contributed by atoms with Crippen LogP contribution in [-0.4, -0.2) is 6.04 Å². The molecule has 26 heavy (non-hydrogen) atoms. The molecular weight excluding hydrogens is 316 g/mol. The quantitative estimate of drug-likeness (QED) is 0.725. The number of benzene rings is 2. The van der Waals surface area contributed by atoms with E-state index >= 15 is 0 Å². The van der Waals surface area contributed by atoms with Gasteiger partial charge in [0.25, 0.3) is 0 Å². The molecule has 0 amide bonds. The van der Waals surface area contributed by atoms with Crippen LogP contribution in [0.3, 0.4) is 0 Å². The summed E-state index contributed by atoms with van der Waals surface area (Å²) < 4.78 is 0. The Labute approximate surface area is 157 Å². The summed E-state index contributed by atoms with van der Waals surface area (Å²) in [5, 5.41) is 3.52. The molecule has 1 aliphatic carbocycles. The molecule has 2 aliphatic rings. The normalized spacial score (nSPS) is 22.2. The molecule has 0 aromatic heterocycles. The van der Waals surface area contributed by atoms with Gasteiger partial charge in [0, 0.05) is 35.2 Å². The van der Waals surface area contributed by atoms with Gasteiger partial charge in [-0.15, -0.1) is 0 Å². The van der Waals surface area contributed by atoms with E-state index in [-0.39, 0.29) is 0 Å². The zero-order valence-corrected chi connectivity index (χ0v) is 15.7. The zero-order valence-electron chi connectivity index (χ0n) is 15.7.